The van der Waals surface area contributed by atoms with E-state index in [0.29, 0.717) is 4.47 Å². The van der Waals surface area contributed by atoms with E-state index >= 15 is 0 Å². The second kappa shape index (κ2) is 3.73. The van der Waals surface area contributed by atoms with E-state index in [9.17, 15) is 18.3 Å². The average Bonchev–Trinajstić information content (AvgIpc) is 2.68. The average molecular weight is 321 g/mol. The fourth-order valence-corrected chi connectivity index (χ4v) is 3.78. The first-order valence-electron chi connectivity index (χ1n) is 5.94. The second-order valence-corrected chi connectivity index (χ2v) is 6.07. The number of fused-ring (bicyclic) bond motifs is 1. The van der Waals surface area contributed by atoms with Gasteiger partial charge >= 0.3 is 6.18 Å². The van der Waals surface area contributed by atoms with E-state index in [1.165, 1.54) is 6.07 Å². The van der Waals surface area contributed by atoms with Gasteiger partial charge in [0.2, 0.25) is 0 Å². The van der Waals surface area contributed by atoms with Crippen molar-refractivity contribution in [3.05, 3.63) is 33.8 Å². The van der Waals surface area contributed by atoms with E-state index in [-0.39, 0.29) is 17.4 Å². The van der Waals surface area contributed by atoms with Gasteiger partial charge in [-0.05, 0) is 42.4 Å². The third-order valence-electron chi connectivity index (χ3n) is 4.26. The minimum atomic E-state index is -4.42. The first-order chi connectivity index (χ1) is 8.35. The van der Waals surface area contributed by atoms with Gasteiger partial charge in [-0.1, -0.05) is 28.4 Å². The van der Waals surface area contributed by atoms with Gasteiger partial charge in [-0.3, -0.25) is 0 Å². The van der Waals surface area contributed by atoms with Crippen molar-refractivity contribution in [1.29, 1.82) is 0 Å². The molecule has 2 aliphatic carbocycles. The fourth-order valence-electron chi connectivity index (χ4n) is 3.42. The summed E-state index contributed by atoms with van der Waals surface area (Å²) in [6, 6.07) is 4.03. The topological polar surface area (TPSA) is 20.2 Å². The van der Waals surface area contributed by atoms with Gasteiger partial charge in [0.05, 0.1) is 11.2 Å². The summed E-state index contributed by atoms with van der Waals surface area (Å²) in [4.78, 5) is 0. The molecule has 2 fully saturated rings. The molecule has 0 radical (unpaired) electrons. The van der Waals surface area contributed by atoms with Crippen molar-refractivity contribution in [2.24, 2.45) is 11.8 Å². The lowest BCUT2D eigenvalue weighted by atomic mass is 9.94. The molecule has 1 N–H and O–H groups in total. The molecule has 2 unspecified atom stereocenters. The zero-order valence-electron chi connectivity index (χ0n) is 9.47. The molecule has 1 aromatic rings. The third-order valence-corrected chi connectivity index (χ3v) is 4.75. The van der Waals surface area contributed by atoms with Crippen LogP contribution in [0, 0.1) is 11.8 Å². The van der Waals surface area contributed by atoms with Crippen LogP contribution in [-0.4, -0.2) is 5.11 Å². The number of rotatable bonds is 1. The highest BCUT2D eigenvalue weighted by atomic mass is 79.9. The predicted molar refractivity (Wildman–Crippen MR) is 63.9 cm³/mol. The Labute approximate surface area is 111 Å². The normalized spacial score (nSPS) is 34.5. The van der Waals surface area contributed by atoms with Crippen molar-refractivity contribution in [1.82, 2.24) is 0 Å². The number of alkyl halides is 3. The Balaban J connectivity index is 2.08. The molecule has 0 saturated heterocycles. The molecule has 98 valence electrons. The van der Waals surface area contributed by atoms with Gasteiger partial charge in [0, 0.05) is 4.47 Å². The van der Waals surface area contributed by atoms with Gasteiger partial charge in [0.1, 0.15) is 0 Å². The minimum Gasteiger partial charge on any atom is -0.385 e. The molecular formula is C13H12BrF3O. The number of aliphatic hydroxyl groups is 1. The van der Waals surface area contributed by atoms with Crippen LogP contribution in [0.2, 0.25) is 0 Å². The molecule has 3 rings (SSSR count). The summed E-state index contributed by atoms with van der Waals surface area (Å²) in [6.07, 6.45) is -1.76. The summed E-state index contributed by atoms with van der Waals surface area (Å²) in [6.45, 7) is 0. The summed E-state index contributed by atoms with van der Waals surface area (Å²) in [7, 11) is 0. The van der Waals surface area contributed by atoms with Crippen molar-refractivity contribution in [3.8, 4) is 0 Å². The van der Waals surface area contributed by atoms with Gasteiger partial charge in [0.25, 0.3) is 0 Å². The summed E-state index contributed by atoms with van der Waals surface area (Å²) >= 11 is 3.06. The Hall–Kier alpha value is -0.550. The Bertz CT molecular complexity index is 487. The van der Waals surface area contributed by atoms with Crippen LogP contribution in [-0.2, 0) is 11.8 Å². The lowest BCUT2D eigenvalue weighted by molar-refractivity contribution is -0.139. The maximum Gasteiger partial charge on any atom is 0.416 e. The quantitative estimate of drug-likeness (QED) is 0.826. The lowest BCUT2D eigenvalue weighted by Crippen LogP contribution is -2.20. The molecule has 5 heteroatoms. The highest BCUT2D eigenvalue weighted by molar-refractivity contribution is 9.10. The molecule has 2 atom stereocenters. The van der Waals surface area contributed by atoms with Crippen LogP contribution in [0.1, 0.15) is 30.4 Å². The smallest absolute Gasteiger partial charge is 0.385 e. The molecule has 0 heterocycles. The molecule has 1 nitrogen and oxygen atoms in total. The standard InChI is InChI=1S/C13H12BrF3O/c14-7-4-5-10(11(6-7)13(15,16)17)12(18)8-2-1-3-9(8)12/h4-6,8-9,18H,1-3H2. The van der Waals surface area contributed by atoms with E-state index < -0.39 is 17.3 Å². The first-order valence-corrected chi connectivity index (χ1v) is 6.74. The van der Waals surface area contributed by atoms with Crippen molar-refractivity contribution < 1.29 is 18.3 Å². The molecular weight excluding hydrogens is 309 g/mol. The molecule has 0 amide bonds. The number of hydrogen-bond donors (Lipinski definition) is 1. The Kier molecular flexibility index (Phi) is 2.59. The van der Waals surface area contributed by atoms with E-state index in [2.05, 4.69) is 15.9 Å². The lowest BCUT2D eigenvalue weighted by Gasteiger charge is -2.20. The van der Waals surface area contributed by atoms with E-state index in [1.54, 1.807) is 6.07 Å². The molecule has 1 aromatic carbocycles. The first kappa shape index (κ1) is 12.5. The molecule has 0 aromatic heterocycles. The monoisotopic (exact) mass is 320 g/mol. The Morgan fingerprint density at radius 3 is 2.39 bits per heavy atom. The summed E-state index contributed by atoms with van der Waals surface area (Å²) in [5.41, 5.74) is -1.91. The van der Waals surface area contributed by atoms with Crippen LogP contribution in [0.5, 0.6) is 0 Å². The van der Waals surface area contributed by atoms with E-state index in [1.807, 2.05) is 0 Å². The Morgan fingerprint density at radius 1 is 1.22 bits per heavy atom. The maximum atomic E-state index is 13.0. The molecule has 2 aliphatic rings. The van der Waals surface area contributed by atoms with E-state index in [4.69, 9.17) is 0 Å². The molecule has 0 bridgehead atoms. The van der Waals surface area contributed by atoms with Crippen LogP contribution in [0.25, 0.3) is 0 Å². The van der Waals surface area contributed by atoms with E-state index in [0.717, 1.165) is 25.3 Å². The fraction of sp³-hybridized carbons (Fsp3) is 0.538. The zero-order chi connectivity index (χ0) is 13.1. The van der Waals surface area contributed by atoms with Crippen molar-refractivity contribution in [2.75, 3.05) is 0 Å². The zero-order valence-corrected chi connectivity index (χ0v) is 11.1. The predicted octanol–water partition coefficient (Wildman–Crippen LogP) is 4.09. The largest absolute Gasteiger partial charge is 0.416 e. The van der Waals surface area contributed by atoms with Crippen LogP contribution >= 0.6 is 15.9 Å². The summed E-state index contributed by atoms with van der Waals surface area (Å²) < 4.78 is 39.5. The highest BCUT2D eigenvalue weighted by Crippen LogP contribution is 2.67. The van der Waals surface area contributed by atoms with Gasteiger partial charge in [-0.25, -0.2) is 0 Å². The summed E-state index contributed by atoms with van der Waals surface area (Å²) in [5.74, 6) is 0.0274. The third kappa shape index (κ3) is 1.63. The molecule has 18 heavy (non-hydrogen) atoms. The molecule has 0 aliphatic heterocycles. The van der Waals surface area contributed by atoms with Gasteiger partial charge in [0.15, 0.2) is 0 Å². The van der Waals surface area contributed by atoms with Gasteiger partial charge in [-0.15, -0.1) is 0 Å². The highest BCUT2D eigenvalue weighted by Gasteiger charge is 2.67. The number of halogens is 4. The minimum absolute atomic E-state index is 0.0137. The molecule has 2 saturated carbocycles. The molecule has 0 spiro atoms. The van der Waals surface area contributed by atoms with Crippen molar-refractivity contribution in [2.45, 2.75) is 31.0 Å². The van der Waals surface area contributed by atoms with Crippen molar-refractivity contribution >= 4 is 15.9 Å². The van der Waals surface area contributed by atoms with Crippen LogP contribution < -0.4 is 0 Å². The van der Waals surface area contributed by atoms with Crippen molar-refractivity contribution in [3.63, 3.8) is 0 Å². The summed E-state index contributed by atoms with van der Waals surface area (Å²) in [5, 5.41) is 10.5. The SMILES string of the molecule is OC1(c2ccc(Br)cc2C(F)(F)F)C2CCCC21. The van der Waals surface area contributed by atoms with Crippen LogP contribution in [0.4, 0.5) is 13.2 Å². The van der Waals surface area contributed by atoms with Crippen LogP contribution in [0.15, 0.2) is 22.7 Å². The van der Waals surface area contributed by atoms with Crippen LogP contribution in [0.3, 0.4) is 0 Å². The Morgan fingerprint density at radius 2 is 1.83 bits per heavy atom. The van der Waals surface area contributed by atoms with Gasteiger partial charge in [-0.2, -0.15) is 13.2 Å². The number of hydrogen-bond acceptors (Lipinski definition) is 1. The maximum absolute atomic E-state index is 13.0. The second-order valence-electron chi connectivity index (χ2n) is 5.16. The van der Waals surface area contributed by atoms with Gasteiger partial charge < -0.3 is 5.11 Å². The number of benzene rings is 1.